The molecule has 1 heterocycles. The average Bonchev–Trinajstić information content (AvgIpc) is 2.81. The highest BCUT2D eigenvalue weighted by atomic mass is 19.4. The van der Waals surface area contributed by atoms with Crippen LogP contribution in [0.5, 0.6) is 0 Å². The molecule has 0 radical (unpaired) electrons. The fourth-order valence-corrected chi connectivity index (χ4v) is 4.55. The van der Waals surface area contributed by atoms with E-state index in [-0.39, 0.29) is 22.2 Å². The van der Waals surface area contributed by atoms with Crippen LogP contribution in [-0.4, -0.2) is 26.6 Å². The molecule has 4 aromatic rings. The molecule has 3 aromatic carbocycles. The lowest BCUT2D eigenvalue weighted by Crippen LogP contribution is -2.28. The molecule has 0 aliphatic rings. The highest BCUT2D eigenvalue weighted by molar-refractivity contribution is 5.94. The number of aryl methyl sites for hydroxylation is 3. The number of H-pyrrole nitrogens is 2. The van der Waals surface area contributed by atoms with Crippen molar-refractivity contribution in [2.45, 2.75) is 59.4 Å². The fourth-order valence-electron chi connectivity index (χ4n) is 4.55. The molecule has 1 aromatic heterocycles. The zero-order valence-electron chi connectivity index (χ0n) is 22.3. The minimum Gasteiger partial charge on any atom is -0.479 e. The summed E-state index contributed by atoms with van der Waals surface area (Å²) < 4.78 is 52.2. The van der Waals surface area contributed by atoms with Gasteiger partial charge in [0.05, 0.1) is 22.2 Å². The summed E-state index contributed by atoms with van der Waals surface area (Å²) >= 11 is 0. The van der Waals surface area contributed by atoms with E-state index >= 15 is 0 Å². The molecule has 0 unspecified atom stereocenters. The molecule has 206 valence electrons. The number of aromatic nitrogens is 2. The average molecular weight is 543 g/mol. The summed E-state index contributed by atoms with van der Waals surface area (Å²) in [6.07, 6.45) is -6.02. The summed E-state index contributed by atoms with van der Waals surface area (Å²) in [5, 5.41) is 10.3. The topological polar surface area (TPSA) is 108 Å². The summed E-state index contributed by atoms with van der Waals surface area (Å²) in [6.45, 7) is 10.5. The predicted molar refractivity (Wildman–Crippen MR) is 142 cm³/mol. The maximum atomic E-state index is 13.3. The number of fused-ring (bicyclic) bond motifs is 2. The van der Waals surface area contributed by atoms with Gasteiger partial charge in [-0.1, -0.05) is 29.8 Å². The Morgan fingerprint density at radius 3 is 2.18 bits per heavy atom. The van der Waals surface area contributed by atoms with E-state index in [1.165, 1.54) is 0 Å². The Hall–Kier alpha value is -4.05. The van der Waals surface area contributed by atoms with Crippen molar-refractivity contribution in [3.63, 3.8) is 0 Å². The van der Waals surface area contributed by atoms with Crippen LogP contribution in [0.25, 0.3) is 33.3 Å². The quantitative estimate of drug-likeness (QED) is 0.251. The lowest BCUT2D eigenvalue weighted by Gasteiger charge is -2.29. The maximum absolute atomic E-state index is 13.3. The minimum absolute atomic E-state index is 0.00457. The molecule has 0 spiro atoms. The van der Waals surface area contributed by atoms with Gasteiger partial charge in [-0.15, -0.1) is 0 Å². The van der Waals surface area contributed by atoms with Crippen molar-refractivity contribution in [2.75, 3.05) is 0 Å². The van der Waals surface area contributed by atoms with E-state index in [0.29, 0.717) is 27.8 Å². The lowest BCUT2D eigenvalue weighted by atomic mass is 9.87. The second-order valence-corrected chi connectivity index (χ2v) is 10.4. The molecule has 10 heteroatoms. The number of carboxylic acid groups (broad SMARTS) is 1. The third kappa shape index (κ3) is 5.70. The maximum Gasteiger partial charge on any atom is 0.416 e. The second kappa shape index (κ2) is 9.92. The molecule has 3 N–H and O–H groups in total. The van der Waals surface area contributed by atoms with Crippen LogP contribution in [-0.2, 0) is 15.7 Å². The number of hydrogen-bond acceptors (Lipinski definition) is 4. The largest absolute Gasteiger partial charge is 0.479 e. The number of carboxylic acids is 1. The SMILES string of the molecule is Cc1ccc(-c2c([C@H](OC(C)(C)C)C(=O)O)c(C)c3[nH]c(=O)[nH]c4cc(C(F)(F)F)ccc4oc3c2C)cc1. The van der Waals surface area contributed by atoms with Crippen LogP contribution in [0.15, 0.2) is 51.7 Å². The molecular weight excluding hydrogens is 513 g/mol. The summed E-state index contributed by atoms with van der Waals surface area (Å²) in [5.41, 5.74) is 1.03. The monoisotopic (exact) mass is 542 g/mol. The molecule has 0 aliphatic carbocycles. The molecule has 4 rings (SSSR count). The third-order valence-electron chi connectivity index (χ3n) is 6.29. The summed E-state index contributed by atoms with van der Waals surface area (Å²) in [4.78, 5) is 30.5. The van der Waals surface area contributed by atoms with Crippen molar-refractivity contribution < 1.29 is 32.2 Å². The van der Waals surface area contributed by atoms with E-state index in [0.717, 1.165) is 23.8 Å². The number of benzene rings is 3. The van der Waals surface area contributed by atoms with Gasteiger partial charge in [-0.3, -0.25) is 0 Å². The van der Waals surface area contributed by atoms with Gasteiger partial charge in [0.25, 0.3) is 0 Å². The molecule has 0 saturated heterocycles. The number of hydrogen-bond donors (Lipinski definition) is 3. The smallest absolute Gasteiger partial charge is 0.416 e. The van der Waals surface area contributed by atoms with Crippen LogP contribution in [0.4, 0.5) is 13.2 Å². The normalized spacial score (nSPS) is 13.1. The van der Waals surface area contributed by atoms with Crippen molar-refractivity contribution in [3.8, 4) is 11.1 Å². The molecule has 7 nitrogen and oxygen atoms in total. The molecule has 1 atom stereocenters. The first-order valence-electron chi connectivity index (χ1n) is 12.2. The first-order valence-corrected chi connectivity index (χ1v) is 12.2. The van der Waals surface area contributed by atoms with Crippen LogP contribution in [0.1, 0.15) is 54.7 Å². The number of ether oxygens (including phenoxy) is 1. The Kier molecular flexibility index (Phi) is 7.12. The molecule has 0 aliphatic heterocycles. The highest BCUT2D eigenvalue weighted by Crippen LogP contribution is 2.41. The van der Waals surface area contributed by atoms with Crippen molar-refractivity contribution in [2.24, 2.45) is 0 Å². The Bertz CT molecular complexity index is 1690. The number of rotatable bonds is 4. The number of aliphatic carboxylic acids is 1. The number of carbonyl (C=O) groups is 1. The predicted octanol–water partition coefficient (Wildman–Crippen LogP) is 7.28. The van der Waals surface area contributed by atoms with Crippen LogP contribution in [0, 0.1) is 20.8 Å². The van der Waals surface area contributed by atoms with Crippen LogP contribution >= 0.6 is 0 Å². The second-order valence-electron chi connectivity index (χ2n) is 10.4. The van der Waals surface area contributed by atoms with Gasteiger partial charge in [0.2, 0.25) is 0 Å². The van der Waals surface area contributed by atoms with Crippen molar-refractivity contribution in [1.29, 1.82) is 0 Å². The Morgan fingerprint density at radius 2 is 1.62 bits per heavy atom. The Morgan fingerprint density at radius 1 is 0.974 bits per heavy atom. The van der Waals surface area contributed by atoms with Crippen molar-refractivity contribution >= 4 is 28.2 Å². The standard InChI is InChI=1S/C29H29F3N2O5/c1-14-7-9-17(10-8-14)21-16(3)24-23(15(2)22(21)25(26(35)36)39-28(4,5)6)34-27(37)33-19-13-18(29(30,31)32)11-12-20(19)38-24/h7-13,25H,1-6H3,(H,35,36)(H2,33,34,37)/t25-/m0/s1. The molecule has 39 heavy (non-hydrogen) atoms. The summed E-state index contributed by atoms with van der Waals surface area (Å²) in [6, 6.07) is 10.3. The number of aromatic amines is 2. The molecule has 0 bridgehead atoms. The molecule has 0 fully saturated rings. The first kappa shape index (κ1) is 28.0. The van der Waals surface area contributed by atoms with Gasteiger partial charge in [-0.05, 0) is 76.4 Å². The lowest BCUT2D eigenvalue weighted by molar-refractivity contribution is -0.160. The van der Waals surface area contributed by atoms with E-state index in [9.17, 15) is 27.9 Å². The van der Waals surface area contributed by atoms with Crippen LogP contribution in [0.2, 0.25) is 0 Å². The molecule has 0 saturated carbocycles. The van der Waals surface area contributed by atoms with Crippen LogP contribution < -0.4 is 5.69 Å². The highest BCUT2D eigenvalue weighted by Gasteiger charge is 2.33. The third-order valence-corrected chi connectivity index (χ3v) is 6.29. The first-order chi connectivity index (χ1) is 18.1. The molecular formula is C29H29F3N2O5. The summed E-state index contributed by atoms with van der Waals surface area (Å²) in [5.74, 6) is -1.22. The van der Waals surface area contributed by atoms with Crippen molar-refractivity contribution in [3.05, 3.63) is 80.8 Å². The van der Waals surface area contributed by atoms with E-state index in [2.05, 4.69) is 9.97 Å². The minimum atomic E-state index is -4.62. The van der Waals surface area contributed by atoms with Gasteiger partial charge in [0.15, 0.2) is 17.3 Å². The van der Waals surface area contributed by atoms with Crippen LogP contribution in [0.3, 0.4) is 0 Å². The van der Waals surface area contributed by atoms with E-state index in [1.807, 2.05) is 31.2 Å². The van der Waals surface area contributed by atoms with Gasteiger partial charge in [-0.2, -0.15) is 13.2 Å². The number of nitrogens with one attached hydrogen (secondary N) is 2. The van der Waals surface area contributed by atoms with Gasteiger partial charge >= 0.3 is 17.8 Å². The summed E-state index contributed by atoms with van der Waals surface area (Å²) in [7, 11) is 0. The number of halogens is 3. The molecule has 0 amide bonds. The van der Waals surface area contributed by atoms with E-state index in [4.69, 9.17) is 9.15 Å². The van der Waals surface area contributed by atoms with Gasteiger partial charge in [-0.25, -0.2) is 9.59 Å². The number of alkyl halides is 3. The van der Waals surface area contributed by atoms with E-state index in [1.54, 1.807) is 34.6 Å². The fraction of sp³-hybridized carbons (Fsp3) is 0.310. The Balaban J connectivity index is 2.20. The zero-order chi connectivity index (χ0) is 28.9. The van der Waals surface area contributed by atoms with Gasteiger partial charge in [0.1, 0.15) is 0 Å². The van der Waals surface area contributed by atoms with Gasteiger partial charge in [0, 0.05) is 11.1 Å². The zero-order valence-corrected chi connectivity index (χ0v) is 22.3. The Labute approximate surface area is 221 Å². The van der Waals surface area contributed by atoms with Gasteiger partial charge < -0.3 is 24.2 Å². The van der Waals surface area contributed by atoms with E-state index < -0.39 is 35.1 Å². The van der Waals surface area contributed by atoms with Crippen molar-refractivity contribution in [1.82, 2.24) is 9.97 Å².